The van der Waals surface area contributed by atoms with Crippen LogP contribution >= 0.6 is 0 Å². The number of benzene rings is 2. The van der Waals surface area contributed by atoms with Crippen LogP contribution in [0.2, 0.25) is 0 Å². The molecule has 0 saturated heterocycles. The van der Waals surface area contributed by atoms with Crippen LogP contribution in [0.4, 0.5) is 0 Å². The van der Waals surface area contributed by atoms with Crippen molar-refractivity contribution in [1.29, 1.82) is 0 Å². The van der Waals surface area contributed by atoms with E-state index >= 15 is 0 Å². The van der Waals surface area contributed by atoms with Gasteiger partial charge in [0.1, 0.15) is 0 Å². The van der Waals surface area contributed by atoms with Crippen molar-refractivity contribution in [2.24, 2.45) is 0 Å². The van der Waals surface area contributed by atoms with E-state index < -0.39 is 0 Å². The summed E-state index contributed by atoms with van der Waals surface area (Å²) in [6.07, 6.45) is 3.64. The Morgan fingerprint density at radius 3 is 2.36 bits per heavy atom. The third-order valence-corrected chi connectivity index (χ3v) is 3.97. The fourth-order valence-electron chi connectivity index (χ4n) is 2.67. The van der Waals surface area contributed by atoms with Crippen molar-refractivity contribution in [2.75, 3.05) is 0 Å². The molecule has 4 rings (SSSR count). The van der Waals surface area contributed by atoms with Crippen LogP contribution in [0.1, 0.15) is 5.56 Å². The zero-order chi connectivity index (χ0) is 17.1. The van der Waals surface area contributed by atoms with E-state index in [-0.39, 0.29) is 5.56 Å². The standard InChI is InChI=1S/C20H16N4O/c25-20-12-11-19(17-5-2-1-3-6-17)22-24(20)15-16-7-9-18(10-8-16)23-14-4-13-21-23/h1-14H,15H2. The highest BCUT2D eigenvalue weighted by molar-refractivity contribution is 5.57. The molecule has 0 bridgehead atoms. The quantitative estimate of drug-likeness (QED) is 0.578. The zero-order valence-electron chi connectivity index (χ0n) is 13.5. The Balaban J connectivity index is 1.61. The summed E-state index contributed by atoms with van der Waals surface area (Å²) in [6.45, 7) is 0.429. The maximum Gasteiger partial charge on any atom is 0.267 e. The number of nitrogens with zero attached hydrogens (tertiary/aromatic N) is 4. The van der Waals surface area contributed by atoms with E-state index in [9.17, 15) is 4.79 Å². The highest BCUT2D eigenvalue weighted by Crippen LogP contribution is 2.15. The molecule has 5 heteroatoms. The molecule has 0 amide bonds. The van der Waals surface area contributed by atoms with Gasteiger partial charge in [0.2, 0.25) is 0 Å². The van der Waals surface area contributed by atoms with Gasteiger partial charge in [0.05, 0.1) is 17.9 Å². The van der Waals surface area contributed by atoms with Gasteiger partial charge in [0, 0.05) is 24.0 Å². The summed E-state index contributed by atoms with van der Waals surface area (Å²) in [7, 11) is 0. The Labute approximate surface area is 144 Å². The van der Waals surface area contributed by atoms with E-state index in [1.165, 1.54) is 4.68 Å². The van der Waals surface area contributed by atoms with Crippen LogP contribution in [0.15, 0.2) is 90.0 Å². The molecular weight excluding hydrogens is 312 g/mol. The maximum absolute atomic E-state index is 12.1. The predicted molar refractivity (Wildman–Crippen MR) is 96.6 cm³/mol. The largest absolute Gasteiger partial charge is 0.268 e. The highest BCUT2D eigenvalue weighted by atomic mass is 16.1. The molecule has 0 N–H and O–H groups in total. The molecule has 0 unspecified atom stereocenters. The summed E-state index contributed by atoms with van der Waals surface area (Å²) in [5, 5.41) is 8.71. The first-order valence-corrected chi connectivity index (χ1v) is 8.02. The Hall–Kier alpha value is -3.47. The van der Waals surface area contributed by atoms with E-state index in [0.29, 0.717) is 6.54 Å². The first-order chi connectivity index (χ1) is 12.3. The van der Waals surface area contributed by atoms with Gasteiger partial charge < -0.3 is 0 Å². The second-order valence-corrected chi connectivity index (χ2v) is 5.70. The van der Waals surface area contributed by atoms with E-state index in [0.717, 1.165) is 22.5 Å². The van der Waals surface area contributed by atoms with Crippen molar-refractivity contribution in [3.05, 3.63) is 101 Å². The van der Waals surface area contributed by atoms with Gasteiger partial charge in [0.25, 0.3) is 5.56 Å². The Morgan fingerprint density at radius 1 is 0.840 bits per heavy atom. The minimum absolute atomic E-state index is 0.115. The molecule has 0 radical (unpaired) electrons. The third kappa shape index (κ3) is 3.26. The molecule has 0 spiro atoms. The molecule has 2 aromatic heterocycles. The first kappa shape index (κ1) is 15.1. The fourth-order valence-corrected chi connectivity index (χ4v) is 2.67. The number of aromatic nitrogens is 4. The van der Waals surface area contributed by atoms with Crippen LogP contribution in [0.5, 0.6) is 0 Å². The van der Waals surface area contributed by atoms with Gasteiger partial charge in [0.15, 0.2) is 0 Å². The lowest BCUT2D eigenvalue weighted by atomic mass is 10.1. The van der Waals surface area contributed by atoms with Crippen LogP contribution in [0.25, 0.3) is 16.9 Å². The molecule has 0 atom stereocenters. The van der Waals surface area contributed by atoms with Crippen molar-refractivity contribution in [3.8, 4) is 16.9 Å². The molecule has 2 aromatic carbocycles. The molecule has 5 nitrogen and oxygen atoms in total. The van der Waals surface area contributed by atoms with Crippen LogP contribution in [0.3, 0.4) is 0 Å². The van der Waals surface area contributed by atoms with E-state index in [4.69, 9.17) is 0 Å². The maximum atomic E-state index is 12.1. The minimum Gasteiger partial charge on any atom is -0.268 e. The van der Waals surface area contributed by atoms with Gasteiger partial charge in [-0.2, -0.15) is 10.2 Å². The van der Waals surface area contributed by atoms with Gasteiger partial charge in [-0.05, 0) is 29.8 Å². The molecule has 4 aromatic rings. The lowest BCUT2D eigenvalue weighted by Gasteiger charge is -2.08. The molecule has 0 aliphatic carbocycles. The summed E-state index contributed by atoms with van der Waals surface area (Å²) < 4.78 is 3.29. The van der Waals surface area contributed by atoms with Crippen molar-refractivity contribution >= 4 is 0 Å². The monoisotopic (exact) mass is 328 g/mol. The van der Waals surface area contributed by atoms with Crippen molar-refractivity contribution in [3.63, 3.8) is 0 Å². The Morgan fingerprint density at radius 2 is 1.64 bits per heavy atom. The van der Waals surface area contributed by atoms with Crippen molar-refractivity contribution < 1.29 is 0 Å². The number of rotatable bonds is 4. The van der Waals surface area contributed by atoms with E-state index in [2.05, 4.69) is 10.2 Å². The van der Waals surface area contributed by atoms with Gasteiger partial charge in [-0.25, -0.2) is 9.36 Å². The molecule has 122 valence electrons. The van der Waals surface area contributed by atoms with E-state index in [1.54, 1.807) is 23.0 Å². The van der Waals surface area contributed by atoms with Crippen molar-refractivity contribution in [2.45, 2.75) is 6.54 Å². The topological polar surface area (TPSA) is 52.7 Å². The smallest absolute Gasteiger partial charge is 0.267 e. The minimum atomic E-state index is -0.115. The normalized spacial score (nSPS) is 10.7. The molecule has 2 heterocycles. The Bertz CT molecular complexity index is 1020. The van der Waals surface area contributed by atoms with Crippen molar-refractivity contribution in [1.82, 2.24) is 19.6 Å². The molecule has 0 aliphatic heterocycles. The van der Waals surface area contributed by atoms with Gasteiger partial charge >= 0.3 is 0 Å². The summed E-state index contributed by atoms with van der Waals surface area (Å²) in [5.74, 6) is 0. The van der Waals surface area contributed by atoms with Crippen LogP contribution in [0, 0.1) is 0 Å². The van der Waals surface area contributed by atoms with E-state index in [1.807, 2.05) is 66.9 Å². The summed E-state index contributed by atoms with van der Waals surface area (Å²) >= 11 is 0. The van der Waals surface area contributed by atoms with Gasteiger partial charge in [-0.3, -0.25) is 4.79 Å². The Kier molecular flexibility index (Phi) is 3.96. The summed E-state index contributed by atoms with van der Waals surface area (Å²) in [6, 6.07) is 23.0. The molecule has 0 aliphatic rings. The molecule has 0 saturated carbocycles. The third-order valence-electron chi connectivity index (χ3n) is 3.97. The molecule has 25 heavy (non-hydrogen) atoms. The van der Waals surface area contributed by atoms with Crippen LogP contribution in [-0.2, 0) is 6.54 Å². The average Bonchev–Trinajstić information content (AvgIpc) is 3.20. The lowest BCUT2D eigenvalue weighted by Crippen LogP contribution is -2.22. The number of hydrogen-bond acceptors (Lipinski definition) is 3. The average molecular weight is 328 g/mol. The van der Waals surface area contributed by atoms with Crippen LogP contribution in [-0.4, -0.2) is 19.6 Å². The van der Waals surface area contributed by atoms with Gasteiger partial charge in [-0.1, -0.05) is 42.5 Å². The summed E-state index contributed by atoms with van der Waals surface area (Å²) in [5.41, 5.74) is 3.65. The predicted octanol–water partition coefficient (Wildman–Crippen LogP) is 3.14. The highest BCUT2D eigenvalue weighted by Gasteiger charge is 2.04. The van der Waals surface area contributed by atoms with Crippen LogP contribution < -0.4 is 5.56 Å². The zero-order valence-corrected chi connectivity index (χ0v) is 13.5. The van der Waals surface area contributed by atoms with Gasteiger partial charge in [-0.15, -0.1) is 0 Å². The molecule has 0 fully saturated rings. The SMILES string of the molecule is O=c1ccc(-c2ccccc2)nn1Cc1ccc(-n2cccn2)cc1. The lowest BCUT2D eigenvalue weighted by molar-refractivity contribution is 0.642. The summed E-state index contributed by atoms with van der Waals surface area (Å²) in [4.78, 5) is 12.1. The number of hydrogen-bond donors (Lipinski definition) is 0. The molecular formula is C20H16N4O. The first-order valence-electron chi connectivity index (χ1n) is 8.02. The second-order valence-electron chi connectivity index (χ2n) is 5.70. The fraction of sp³-hybridized carbons (Fsp3) is 0.0500. The second kappa shape index (κ2) is 6.57.